The number of carbonyl (C=O) groups is 2. The maximum Gasteiger partial charge on any atom is 0.255 e. The fraction of sp³-hybridized carbons (Fsp3) is 0.208. The number of aromatic nitrogens is 3. The van der Waals surface area contributed by atoms with Crippen LogP contribution in [0, 0.1) is 11.6 Å². The van der Waals surface area contributed by atoms with Crippen molar-refractivity contribution >= 4 is 28.5 Å². The predicted molar refractivity (Wildman–Crippen MR) is 128 cm³/mol. The molecular weight excluding hydrogens is 496 g/mol. The highest BCUT2D eigenvalue weighted by atomic mass is 19.1. The molecule has 6 N–H and O–H groups in total. The van der Waals surface area contributed by atoms with Crippen LogP contribution in [0.3, 0.4) is 0 Å². The second-order valence-corrected chi connectivity index (χ2v) is 8.06. The summed E-state index contributed by atoms with van der Waals surface area (Å²) < 4.78 is 61.6. The molecule has 0 bridgehead atoms. The van der Waals surface area contributed by atoms with Crippen LogP contribution in [0.4, 0.5) is 23.4 Å². The van der Waals surface area contributed by atoms with Gasteiger partial charge in [0.2, 0.25) is 0 Å². The molecule has 0 fully saturated rings. The number of hydrogen-bond donors (Lipinski definition) is 4. The molecule has 2 aromatic heterocycles. The zero-order valence-electron chi connectivity index (χ0n) is 19.4. The fourth-order valence-electron chi connectivity index (χ4n) is 4.07. The predicted octanol–water partition coefficient (Wildman–Crippen LogP) is 3.41. The smallest absolute Gasteiger partial charge is 0.255 e. The zero-order chi connectivity index (χ0) is 26.9. The van der Waals surface area contributed by atoms with Gasteiger partial charge >= 0.3 is 0 Å². The number of nitrogens with zero attached hydrogens (tertiary/aromatic N) is 2. The summed E-state index contributed by atoms with van der Waals surface area (Å²) >= 11 is 0. The minimum absolute atomic E-state index is 0.0471. The monoisotopic (exact) mass is 518 g/mol. The highest BCUT2D eigenvalue weighted by Gasteiger charge is 2.28. The molecule has 37 heavy (non-hydrogen) atoms. The van der Waals surface area contributed by atoms with Crippen molar-refractivity contribution in [3.8, 4) is 17.0 Å². The van der Waals surface area contributed by atoms with Gasteiger partial charge in [0.25, 0.3) is 11.8 Å². The molecule has 13 heteroatoms. The number of benzene rings is 2. The first-order chi connectivity index (χ1) is 17.7. The van der Waals surface area contributed by atoms with Gasteiger partial charge in [-0.2, -0.15) is 5.10 Å². The van der Waals surface area contributed by atoms with Crippen LogP contribution >= 0.6 is 0 Å². The minimum atomic E-state index is -1.40. The summed E-state index contributed by atoms with van der Waals surface area (Å²) in [5, 5.41) is 7.00. The molecule has 4 aromatic rings. The topological polar surface area (TPSA) is 141 Å². The number of anilines is 1. The molecule has 2 heterocycles. The van der Waals surface area contributed by atoms with E-state index >= 15 is 4.39 Å². The van der Waals surface area contributed by atoms with Crippen molar-refractivity contribution in [1.29, 1.82) is 0 Å². The second kappa shape index (κ2) is 10.2. The highest BCUT2D eigenvalue weighted by molar-refractivity contribution is 6.07. The summed E-state index contributed by atoms with van der Waals surface area (Å²) in [6, 6.07) is 4.64. The number of carbonyl (C=O) groups excluding carboxylic acids is 2. The lowest BCUT2D eigenvalue weighted by Gasteiger charge is -2.12. The molecule has 0 unspecified atom stereocenters. The Kier molecular flexibility index (Phi) is 7.05. The van der Waals surface area contributed by atoms with Crippen LogP contribution in [0.1, 0.15) is 32.3 Å². The van der Waals surface area contributed by atoms with Gasteiger partial charge < -0.3 is 26.5 Å². The third-order valence-electron chi connectivity index (χ3n) is 5.88. The van der Waals surface area contributed by atoms with Crippen molar-refractivity contribution in [2.45, 2.75) is 12.6 Å². The summed E-state index contributed by atoms with van der Waals surface area (Å²) in [6.45, 7) is -2.60. The van der Waals surface area contributed by atoms with E-state index in [1.54, 1.807) is 6.07 Å². The van der Waals surface area contributed by atoms with Gasteiger partial charge in [0.15, 0.2) is 0 Å². The van der Waals surface area contributed by atoms with Crippen LogP contribution in [0.5, 0.6) is 5.75 Å². The number of hydrogen-bond acceptors (Lipinski definition) is 5. The Morgan fingerprint density at radius 2 is 1.92 bits per heavy atom. The number of primary amides is 1. The standard InChI is InChI=1S/C24H22F4N6O3/c1-37-18-3-2-11(27)6-15(18)24(36)32-10-16-17(28)7-14(13-4-5-31-20(13)16)21-19(23(30)35)22(29)34(33-21)12(8-25)9-26/h2-7,12,31H,8-10,29H2,1H3,(H2,30,35)(H,32,36). The van der Waals surface area contributed by atoms with E-state index in [-0.39, 0.29) is 51.6 Å². The lowest BCUT2D eigenvalue weighted by atomic mass is 9.99. The van der Waals surface area contributed by atoms with E-state index in [0.29, 0.717) is 5.39 Å². The van der Waals surface area contributed by atoms with Gasteiger partial charge in [0, 0.05) is 29.3 Å². The summed E-state index contributed by atoms with van der Waals surface area (Å²) in [6.07, 6.45) is 1.49. The summed E-state index contributed by atoms with van der Waals surface area (Å²) in [5.74, 6) is -3.39. The molecule has 0 atom stereocenters. The average molecular weight is 518 g/mol. The summed E-state index contributed by atoms with van der Waals surface area (Å²) in [4.78, 5) is 27.7. The summed E-state index contributed by atoms with van der Waals surface area (Å²) in [5.41, 5.74) is 11.2. The number of nitrogen functional groups attached to an aromatic ring is 1. The van der Waals surface area contributed by atoms with Gasteiger partial charge in [-0.3, -0.25) is 9.59 Å². The largest absolute Gasteiger partial charge is 0.496 e. The average Bonchev–Trinajstić information content (AvgIpc) is 3.49. The SMILES string of the molecule is COc1ccc(F)cc1C(=O)NCc1c(F)cc(-c2nn(C(CF)CF)c(N)c2C(N)=O)c2cc[nH]c12. The van der Waals surface area contributed by atoms with Crippen molar-refractivity contribution in [3.05, 3.63) is 64.9 Å². The lowest BCUT2D eigenvalue weighted by Crippen LogP contribution is -2.24. The van der Waals surface area contributed by atoms with E-state index in [9.17, 15) is 22.8 Å². The Labute approximate surface area is 207 Å². The molecular formula is C24H22F4N6O3. The minimum Gasteiger partial charge on any atom is -0.496 e. The van der Waals surface area contributed by atoms with Crippen molar-refractivity contribution in [1.82, 2.24) is 20.1 Å². The van der Waals surface area contributed by atoms with Crippen LogP contribution in [-0.4, -0.2) is 47.0 Å². The zero-order valence-corrected chi connectivity index (χ0v) is 19.4. The van der Waals surface area contributed by atoms with Gasteiger partial charge in [-0.25, -0.2) is 22.2 Å². The number of nitrogens with two attached hydrogens (primary N) is 2. The third kappa shape index (κ3) is 4.55. The number of halogens is 4. The van der Waals surface area contributed by atoms with E-state index in [1.165, 1.54) is 19.4 Å². The first-order valence-corrected chi connectivity index (χ1v) is 10.9. The van der Waals surface area contributed by atoms with Gasteiger partial charge in [-0.05, 0) is 30.3 Å². The van der Waals surface area contributed by atoms with E-state index in [1.807, 2.05) is 0 Å². The fourth-order valence-corrected chi connectivity index (χ4v) is 4.07. The molecule has 0 spiro atoms. The van der Waals surface area contributed by atoms with Crippen LogP contribution in [0.15, 0.2) is 36.5 Å². The molecule has 0 aliphatic rings. The molecule has 9 nitrogen and oxygen atoms in total. The van der Waals surface area contributed by atoms with Crippen molar-refractivity contribution in [2.24, 2.45) is 5.73 Å². The molecule has 0 aliphatic heterocycles. The Bertz CT molecular complexity index is 1500. The Morgan fingerprint density at radius 1 is 1.19 bits per heavy atom. The maximum absolute atomic E-state index is 15.4. The quantitative estimate of drug-likeness (QED) is 0.251. The van der Waals surface area contributed by atoms with Crippen LogP contribution in [0.25, 0.3) is 22.2 Å². The molecule has 0 aliphatic carbocycles. The lowest BCUT2D eigenvalue weighted by molar-refractivity contribution is 0.0946. The number of fused-ring (bicyclic) bond motifs is 1. The van der Waals surface area contributed by atoms with Crippen LogP contribution in [-0.2, 0) is 6.54 Å². The molecule has 194 valence electrons. The van der Waals surface area contributed by atoms with E-state index in [0.717, 1.165) is 22.9 Å². The molecule has 2 aromatic carbocycles. The summed E-state index contributed by atoms with van der Waals surface area (Å²) in [7, 11) is 1.32. The van der Waals surface area contributed by atoms with E-state index in [2.05, 4.69) is 15.4 Å². The van der Waals surface area contributed by atoms with Crippen LogP contribution < -0.4 is 21.5 Å². The van der Waals surface area contributed by atoms with Gasteiger partial charge in [-0.1, -0.05) is 0 Å². The Morgan fingerprint density at radius 3 is 2.57 bits per heavy atom. The third-order valence-corrected chi connectivity index (χ3v) is 5.88. The Balaban J connectivity index is 1.76. The number of methoxy groups -OCH3 is 1. The maximum atomic E-state index is 15.4. The first kappa shape index (κ1) is 25.5. The number of ether oxygens (including phenoxy) is 1. The molecule has 0 saturated carbocycles. The highest BCUT2D eigenvalue weighted by Crippen LogP contribution is 2.36. The normalized spacial score (nSPS) is 11.3. The number of rotatable bonds is 9. The number of nitrogens with one attached hydrogen (secondary N) is 2. The first-order valence-electron chi connectivity index (χ1n) is 10.9. The van der Waals surface area contributed by atoms with Gasteiger partial charge in [0.05, 0.1) is 18.2 Å². The number of aromatic amines is 1. The molecule has 0 radical (unpaired) electrons. The number of amides is 2. The van der Waals surface area contributed by atoms with E-state index < -0.39 is 42.8 Å². The van der Waals surface area contributed by atoms with Gasteiger partial charge in [-0.15, -0.1) is 0 Å². The second-order valence-electron chi connectivity index (χ2n) is 8.06. The van der Waals surface area contributed by atoms with Crippen molar-refractivity contribution in [2.75, 3.05) is 26.2 Å². The van der Waals surface area contributed by atoms with Crippen LogP contribution in [0.2, 0.25) is 0 Å². The molecule has 2 amide bonds. The number of alkyl halides is 2. The number of H-pyrrole nitrogens is 1. The molecule has 0 saturated heterocycles. The van der Waals surface area contributed by atoms with Gasteiger partial charge in [0.1, 0.15) is 53.9 Å². The van der Waals surface area contributed by atoms with Crippen molar-refractivity contribution < 1.29 is 31.9 Å². The van der Waals surface area contributed by atoms with E-state index in [4.69, 9.17) is 16.2 Å². The molecule has 4 rings (SSSR count). The van der Waals surface area contributed by atoms with Crippen molar-refractivity contribution in [3.63, 3.8) is 0 Å². The Hall–Kier alpha value is -4.55.